The molecule has 1 heterocycles. The van der Waals surface area contributed by atoms with Gasteiger partial charge in [0.05, 0.1) is 6.04 Å². The summed E-state index contributed by atoms with van der Waals surface area (Å²) in [5.41, 5.74) is 1.10. The molecule has 17 heavy (non-hydrogen) atoms. The van der Waals surface area contributed by atoms with E-state index in [1.54, 1.807) is 0 Å². The highest BCUT2D eigenvalue weighted by molar-refractivity contribution is 6.30. The number of nitrogens with one attached hydrogen (secondary N) is 1. The van der Waals surface area contributed by atoms with Crippen LogP contribution in [0.3, 0.4) is 0 Å². The average molecular weight is 253 g/mol. The van der Waals surface area contributed by atoms with Crippen LogP contribution in [0.5, 0.6) is 0 Å². The van der Waals surface area contributed by atoms with Crippen LogP contribution in [0.1, 0.15) is 31.4 Å². The number of carbonyl (C=O) groups excluding carboxylic acids is 1. The first kappa shape index (κ1) is 12.2. The Kier molecular flexibility index (Phi) is 3.89. The second kappa shape index (κ2) is 5.41. The molecule has 0 saturated carbocycles. The number of rotatable bonds is 3. The number of nitrogens with zero attached hydrogens (tertiary/aromatic N) is 1. The van der Waals surface area contributed by atoms with Gasteiger partial charge in [0.25, 0.3) is 0 Å². The highest BCUT2D eigenvalue weighted by Gasteiger charge is 2.22. The molecule has 1 unspecified atom stereocenters. The Hall–Kier alpha value is -1.22. The molecule has 1 aromatic carbocycles. The molecule has 3 nitrogen and oxygen atoms in total. The molecule has 0 aliphatic carbocycles. The fourth-order valence-corrected chi connectivity index (χ4v) is 2.00. The van der Waals surface area contributed by atoms with Crippen LogP contribution in [-0.2, 0) is 0 Å². The van der Waals surface area contributed by atoms with Crippen molar-refractivity contribution in [1.82, 2.24) is 10.2 Å². The van der Waals surface area contributed by atoms with E-state index in [-0.39, 0.29) is 12.1 Å². The fraction of sp³-hybridized carbons (Fsp3) is 0.462. The maximum absolute atomic E-state index is 11.8. The van der Waals surface area contributed by atoms with E-state index in [2.05, 4.69) is 12.2 Å². The van der Waals surface area contributed by atoms with E-state index in [1.165, 1.54) is 0 Å². The van der Waals surface area contributed by atoms with Gasteiger partial charge >= 0.3 is 6.03 Å². The summed E-state index contributed by atoms with van der Waals surface area (Å²) >= 11 is 5.85. The van der Waals surface area contributed by atoms with Gasteiger partial charge in [-0.05, 0) is 30.5 Å². The van der Waals surface area contributed by atoms with Crippen LogP contribution in [0.15, 0.2) is 24.3 Å². The third kappa shape index (κ3) is 2.91. The minimum atomic E-state index is 0.0399. The molecule has 1 aliphatic heterocycles. The van der Waals surface area contributed by atoms with Gasteiger partial charge in [-0.15, -0.1) is 0 Å². The van der Waals surface area contributed by atoms with E-state index >= 15 is 0 Å². The van der Waals surface area contributed by atoms with Gasteiger partial charge in [0.1, 0.15) is 0 Å². The van der Waals surface area contributed by atoms with Crippen LogP contribution in [0, 0.1) is 0 Å². The molecule has 1 N–H and O–H groups in total. The molecule has 0 spiro atoms. The van der Waals surface area contributed by atoms with Crippen molar-refractivity contribution >= 4 is 17.6 Å². The quantitative estimate of drug-likeness (QED) is 0.880. The van der Waals surface area contributed by atoms with Crippen LogP contribution in [0.25, 0.3) is 0 Å². The first-order valence-corrected chi connectivity index (χ1v) is 6.39. The molecule has 1 atom stereocenters. The Morgan fingerprint density at radius 1 is 1.41 bits per heavy atom. The van der Waals surface area contributed by atoms with Crippen molar-refractivity contribution in [1.29, 1.82) is 0 Å². The van der Waals surface area contributed by atoms with Crippen molar-refractivity contribution in [2.45, 2.75) is 25.8 Å². The summed E-state index contributed by atoms with van der Waals surface area (Å²) in [5, 5.41) is 3.77. The normalized spacial score (nSPS) is 16.2. The lowest BCUT2D eigenvalue weighted by Gasteiger charge is -2.32. The molecular weight excluding hydrogens is 236 g/mol. The summed E-state index contributed by atoms with van der Waals surface area (Å²) in [4.78, 5) is 13.7. The number of hydrogen-bond donors (Lipinski definition) is 1. The molecule has 0 aromatic heterocycles. The standard InChI is InChI=1S/C13H17ClN2O/c1-2-12(10-4-6-11(14)7-5-10)15-13(17)16-8-3-9-16/h4-7,12H,2-3,8-9H2,1H3,(H,15,17). The second-order valence-corrected chi connectivity index (χ2v) is 4.74. The third-order valence-corrected chi connectivity index (χ3v) is 3.37. The number of amides is 2. The Morgan fingerprint density at radius 3 is 2.53 bits per heavy atom. The smallest absolute Gasteiger partial charge is 0.317 e. The van der Waals surface area contributed by atoms with E-state index < -0.39 is 0 Å². The highest BCUT2D eigenvalue weighted by atomic mass is 35.5. The SMILES string of the molecule is CCC(NC(=O)N1CCC1)c1ccc(Cl)cc1. The van der Waals surface area contributed by atoms with Gasteiger partial charge in [-0.1, -0.05) is 30.7 Å². The largest absolute Gasteiger partial charge is 0.331 e. The summed E-state index contributed by atoms with van der Waals surface area (Å²) in [7, 11) is 0. The van der Waals surface area contributed by atoms with Crippen LogP contribution in [-0.4, -0.2) is 24.0 Å². The maximum Gasteiger partial charge on any atom is 0.317 e. The van der Waals surface area contributed by atoms with Crippen molar-refractivity contribution in [2.75, 3.05) is 13.1 Å². The summed E-state index contributed by atoms with van der Waals surface area (Å²) in [6.07, 6.45) is 1.99. The Bertz CT molecular complexity index is 387. The number of hydrogen-bond acceptors (Lipinski definition) is 1. The minimum absolute atomic E-state index is 0.0399. The first-order valence-electron chi connectivity index (χ1n) is 6.01. The first-order chi connectivity index (χ1) is 8.20. The molecule has 0 radical (unpaired) electrons. The predicted octanol–water partition coefficient (Wildman–Crippen LogP) is 3.21. The van der Waals surface area contributed by atoms with Gasteiger partial charge in [-0.2, -0.15) is 0 Å². The lowest BCUT2D eigenvalue weighted by atomic mass is 10.0. The van der Waals surface area contributed by atoms with E-state index in [0.717, 1.165) is 36.5 Å². The number of likely N-dealkylation sites (tertiary alicyclic amines) is 1. The van der Waals surface area contributed by atoms with Gasteiger partial charge in [0, 0.05) is 18.1 Å². The van der Waals surface area contributed by atoms with E-state index in [4.69, 9.17) is 11.6 Å². The number of halogens is 1. The van der Waals surface area contributed by atoms with E-state index in [1.807, 2.05) is 29.2 Å². The molecule has 1 fully saturated rings. The Morgan fingerprint density at radius 2 is 2.06 bits per heavy atom. The van der Waals surface area contributed by atoms with Gasteiger partial charge in [0.2, 0.25) is 0 Å². The second-order valence-electron chi connectivity index (χ2n) is 4.30. The minimum Gasteiger partial charge on any atom is -0.331 e. The molecule has 1 aromatic rings. The highest BCUT2D eigenvalue weighted by Crippen LogP contribution is 2.20. The molecule has 1 saturated heterocycles. The van der Waals surface area contributed by atoms with E-state index in [9.17, 15) is 4.79 Å². The zero-order valence-corrected chi connectivity index (χ0v) is 10.7. The summed E-state index contributed by atoms with van der Waals surface area (Å²) in [5.74, 6) is 0. The van der Waals surface area contributed by atoms with Crippen LogP contribution >= 0.6 is 11.6 Å². The zero-order valence-electron chi connectivity index (χ0n) is 9.95. The van der Waals surface area contributed by atoms with Crippen LogP contribution < -0.4 is 5.32 Å². The van der Waals surface area contributed by atoms with Gasteiger partial charge < -0.3 is 10.2 Å². The van der Waals surface area contributed by atoms with Gasteiger partial charge in [0.15, 0.2) is 0 Å². The summed E-state index contributed by atoms with van der Waals surface area (Å²) in [6.45, 7) is 3.82. The Balaban J connectivity index is 2.00. The van der Waals surface area contributed by atoms with Gasteiger partial charge in [-0.3, -0.25) is 0 Å². The summed E-state index contributed by atoms with van der Waals surface area (Å²) in [6, 6.07) is 7.75. The van der Waals surface area contributed by atoms with Crippen molar-refractivity contribution < 1.29 is 4.79 Å². The molecule has 4 heteroatoms. The third-order valence-electron chi connectivity index (χ3n) is 3.12. The molecule has 92 valence electrons. The van der Waals surface area contributed by atoms with E-state index in [0.29, 0.717) is 0 Å². The fourth-order valence-electron chi connectivity index (χ4n) is 1.88. The number of urea groups is 1. The van der Waals surface area contributed by atoms with Crippen LogP contribution in [0.2, 0.25) is 5.02 Å². The molecule has 1 aliphatic rings. The Labute approximate surface area is 107 Å². The van der Waals surface area contributed by atoms with Crippen molar-refractivity contribution in [3.8, 4) is 0 Å². The van der Waals surface area contributed by atoms with Gasteiger partial charge in [-0.25, -0.2) is 4.79 Å². The molecule has 2 amide bonds. The van der Waals surface area contributed by atoms with Crippen LogP contribution in [0.4, 0.5) is 4.79 Å². The summed E-state index contributed by atoms with van der Waals surface area (Å²) < 4.78 is 0. The van der Waals surface area contributed by atoms with Crippen molar-refractivity contribution in [3.05, 3.63) is 34.9 Å². The lowest BCUT2D eigenvalue weighted by molar-refractivity contribution is 0.163. The molecule has 0 bridgehead atoms. The number of benzene rings is 1. The number of carbonyl (C=O) groups is 1. The lowest BCUT2D eigenvalue weighted by Crippen LogP contribution is -2.48. The topological polar surface area (TPSA) is 32.3 Å². The maximum atomic E-state index is 11.8. The monoisotopic (exact) mass is 252 g/mol. The van der Waals surface area contributed by atoms with Crippen molar-refractivity contribution in [2.24, 2.45) is 0 Å². The average Bonchev–Trinajstić information content (AvgIpc) is 2.25. The molecule has 2 rings (SSSR count). The molecular formula is C13H17ClN2O. The van der Waals surface area contributed by atoms with Crippen molar-refractivity contribution in [3.63, 3.8) is 0 Å². The predicted molar refractivity (Wildman–Crippen MR) is 69.2 cm³/mol. The zero-order chi connectivity index (χ0) is 12.3.